The first-order valence-corrected chi connectivity index (χ1v) is 12.0. The van der Waals surface area contributed by atoms with Gasteiger partial charge in [-0.2, -0.15) is 12.6 Å². The molecule has 0 spiro atoms. The Hall–Kier alpha value is -3.88. The molecule has 0 bridgehead atoms. The van der Waals surface area contributed by atoms with Crippen LogP contribution in [0.2, 0.25) is 0 Å². The van der Waals surface area contributed by atoms with Crippen molar-refractivity contribution in [3.63, 3.8) is 0 Å². The van der Waals surface area contributed by atoms with Crippen molar-refractivity contribution in [2.75, 3.05) is 12.4 Å². The zero-order valence-electron chi connectivity index (χ0n) is 19.7. The van der Waals surface area contributed by atoms with Gasteiger partial charge in [-0.3, -0.25) is 14.4 Å². The second-order valence-corrected chi connectivity index (χ2v) is 8.70. The van der Waals surface area contributed by atoms with Crippen LogP contribution in [0, 0.1) is 0 Å². The van der Waals surface area contributed by atoms with Gasteiger partial charge in [0.05, 0.1) is 19.0 Å². The van der Waals surface area contributed by atoms with Crippen LogP contribution in [0.1, 0.15) is 11.3 Å². The van der Waals surface area contributed by atoms with Gasteiger partial charge in [-0.05, 0) is 11.6 Å². The topological polar surface area (TPSA) is 215 Å². The number of aromatic amines is 2. The fraction of sp³-hybridized carbons (Fsp3) is 0.348. The molecule has 4 unspecified atom stereocenters. The van der Waals surface area contributed by atoms with E-state index in [1.807, 2.05) is 24.3 Å². The summed E-state index contributed by atoms with van der Waals surface area (Å²) >= 11 is 3.95. The molecule has 3 amide bonds. The van der Waals surface area contributed by atoms with Crippen LogP contribution in [0.15, 0.2) is 43.0 Å². The first-order chi connectivity index (χ1) is 17.7. The second kappa shape index (κ2) is 12.9. The number of carboxylic acids is 1. The fourth-order valence-electron chi connectivity index (χ4n) is 3.66. The molecular formula is C23H29N7O6S. The number of benzene rings is 1. The van der Waals surface area contributed by atoms with E-state index in [2.05, 4.69) is 43.5 Å². The average Bonchev–Trinajstić information content (AvgIpc) is 3.54. The van der Waals surface area contributed by atoms with Crippen LogP contribution >= 0.6 is 12.6 Å². The largest absolute Gasteiger partial charge is 0.480 e. The lowest BCUT2D eigenvalue weighted by Gasteiger charge is -2.24. The first kappa shape index (κ1) is 27.7. The Balaban J connectivity index is 1.74. The van der Waals surface area contributed by atoms with E-state index in [0.29, 0.717) is 11.3 Å². The lowest BCUT2D eigenvalue weighted by molar-refractivity contribution is -0.141. The first-order valence-electron chi connectivity index (χ1n) is 11.4. The van der Waals surface area contributed by atoms with Crippen LogP contribution in [-0.2, 0) is 32.0 Å². The van der Waals surface area contributed by atoms with Gasteiger partial charge in [0.1, 0.15) is 18.1 Å². The molecule has 0 aliphatic carbocycles. The number of hydrogen-bond donors (Lipinski definition) is 9. The number of nitrogens with two attached hydrogens (primary N) is 1. The van der Waals surface area contributed by atoms with Crippen LogP contribution < -0.4 is 21.7 Å². The number of amides is 3. The molecule has 37 heavy (non-hydrogen) atoms. The van der Waals surface area contributed by atoms with Crippen molar-refractivity contribution in [2.24, 2.45) is 5.73 Å². The minimum atomic E-state index is -1.40. The standard InChI is InChI=1S/C23H29N7O6S/c24-15(6-13-8-25-11-27-13)20(32)29-18(9-31)22(34)28-17(21(33)30-19(10-37)23(35)36)5-12-7-26-16-4-2-1-3-14(12)16/h1-4,7-8,11,15,17-19,26,31,37H,5-6,9-10,24H2,(H,25,27)(H,28,34)(H,29,32)(H,30,33)(H,35,36). The average molecular weight is 532 g/mol. The van der Waals surface area contributed by atoms with E-state index in [1.54, 1.807) is 6.20 Å². The Labute approximate surface area is 217 Å². The van der Waals surface area contributed by atoms with Crippen LogP contribution in [-0.4, -0.2) is 85.4 Å². The number of imidazole rings is 1. The van der Waals surface area contributed by atoms with Gasteiger partial charge in [0.25, 0.3) is 0 Å². The normalized spacial score (nSPS) is 14.4. The molecule has 0 saturated carbocycles. The molecule has 9 N–H and O–H groups in total. The zero-order valence-corrected chi connectivity index (χ0v) is 20.6. The number of hydrogen-bond acceptors (Lipinski definition) is 8. The molecule has 14 heteroatoms. The molecule has 0 radical (unpaired) electrons. The SMILES string of the molecule is NC(Cc1cnc[nH]1)C(=O)NC(CO)C(=O)NC(Cc1c[nH]c2ccccc12)C(=O)NC(CS)C(=O)O. The molecule has 0 aliphatic heterocycles. The molecule has 2 aromatic heterocycles. The summed E-state index contributed by atoms with van der Waals surface area (Å²) < 4.78 is 0. The summed E-state index contributed by atoms with van der Waals surface area (Å²) in [6.07, 6.45) is 4.76. The molecule has 3 aromatic rings. The van der Waals surface area contributed by atoms with Gasteiger partial charge in [0, 0.05) is 47.6 Å². The summed E-state index contributed by atoms with van der Waals surface area (Å²) in [5, 5.41) is 27.1. The van der Waals surface area contributed by atoms with Crippen molar-refractivity contribution < 1.29 is 29.4 Å². The maximum Gasteiger partial charge on any atom is 0.327 e. The molecule has 3 rings (SSSR count). The number of aliphatic hydroxyl groups is 1. The summed E-state index contributed by atoms with van der Waals surface area (Å²) in [5.74, 6) is -3.76. The zero-order chi connectivity index (χ0) is 26.9. The maximum atomic E-state index is 13.0. The van der Waals surface area contributed by atoms with E-state index in [1.165, 1.54) is 12.5 Å². The smallest absolute Gasteiger partial charge is 0.327 e. The lowest BCUT2D eigenvalue weighted by Crippen LogP contribution is -2.58. The van der Waals surface area contributed by atoms with Crippen molar-refractivity contribution in [1.29, 1.82) is 0 Å². The number of H-pyrrole nitrogens is 2. The minimum Gasteiger partial charge on any atom is -0.480 e. The van der Waals surface area contributed by atoms with Crippen molar-refractivity contribution in [2.45, 2.75) is 37.0 Å². The number of fused-ring (bicyclic) bond motifs is 1. The number of carbonyl (C=O) groups excluding carboxylic acids is 3. The van der Waals surface area contributed by atoms with Crippen molar-refractivity contribution in [3.8, 4) is 0 Å². The number of nitrogens with one attached hydrogen (secondary N) is 5. The summed E-state index contributed by atoms with van der Waals surface area (Å²) in [4.78, 5) is 59.7. The number of carboxylic acid groups (broad SMARTS) is 1. The fourth-order valence-corrected chi connectivity index (χ4v) is 3.91. The van der Waals surface area contributed by atoms with Crippen LogP contribution in [0.25, 0.3) is 10.9 Å². The number of aliphatic carboxylic acids is 1. The number of rotatable bonds is 13. The summed E-state index contributed by atoms with van der Waals surface area (Å²) in [6.45, 7) is -0.760. The Kier molecular flexibility index (Phi) is 9.65. The molecule has 198 valence electrons. The van der Waals surface area contributed by atoms with Crippen molar-refractivity contribution in [1.82, 2.24) is 30.9 Å². The van der Waals surface area contributed by atoms with Crippen molar-refractivity contribution >= 4 is 47.2 Å². The highest BCUT2D eigenvalue weighted by atomic mass is 32.1. The molecule has 4 atom stereocenters. The molecule has 1 aromatic carbocycles. The highest BCUT2D eigenvalue weighted by Gasteiger charge is 2.30. The van der Waals surface area contributed by atoms with Gasteiger partial charge in [-0.25, -0.2) is 9.78 Å². The third-order valence-corrected chi connectivity index (χ3v) is 6.04. The van der Waals surface area contributed by atoms with Gasteiger partial charge in [0.2, 0.25) is 17.7 Å². The van der Waals surface area contributed by atoms with Gasteiger partial charge in [0.15, 0.2) is 0 Å². The maximum absolute atomic E-state index is 13.0. The van der Waals surface area contributed by atoms with Crippen molar-refractivity contribution in [3.05, 3.63) is 54.2 Å². The van der Waals surface area contributed by atoms with Gasteiger partial charge in [-0.15, -0.1) is 0 Å². The second-order valence-electron chi connectivity index (χ2n) is 8.34. The number of aromatic nitrogens is 3. The lowest BCUT2D eigenvalue weighted by atomic mass is 10.0. The summed E-state index contributed by atoms with van der Waals surface area (Å²) in [6, 6.07) is 2.40. The van der Waals surface area contributed by atoms with Gasteiger partial charge < -0.3 is 41.9 Å². The van der Waals surface area contributed by atoms with E-state index < -0.39 is 54.5 Å². The molecule has 13 nitrogen and oxygen atoms in total. The highest BCUT2D eigenvalue weighted by molar-refractivity contribution is 7.80. The van der Waals surface area contributed by atoms with E-state index in [-0.39, 0.29) is 18.6 Å². The Morgan fingerprint density at radius 2 is 1.65 bits per heavy atom. The van der Waals surface area contributed by atoms with E-state index >= 15 is 0 Å². The third-order valence-electron chi connectivity index (χ3n) is 5.68. The molecule has 0 fully saturated rings. The monoisotopic (exact) mass is 531 g/mol. The Morgan fingerprint density at radius 3 is 2.30 bits per heavy atom. The quantitative estimate of drug-likeness (QED) is 0.118. The predicted molar refractivity (Wildman–Crippen MR) is 137 cm³/mol. The Morgan fingerprint density at radius 1 is 0.973 bits per heavy atom. The number of nitrogens with zero attached hydrogens (tertiary/aromatic N) is 1. The highest BCUT2D eigenvalue weighted by Crippen LogP contribution is 2.19. The van der Waals surface area contributed by atoms with E-state index in [4.69, 9.17) is 5.73 Å². The summed E-state index contributed by atoms with van der Waals surface area (Å²) in [5.41, 5.74) is 8.02. The van der Waals surface area contributed by atoms with Crippen LogP contribution in [0.5, 0.6) is 0 Å². The van der Waals surface area contributed by atoms with E-state index in [0.717, 1.165) is 10.9 Å². The van der Waals surface area contributed by atoms with Gasteiger partial charge in [-0.1, -0.05) is 18.2 Å². The summed E-state index contributed by atoms with van der Waals surface area (Å²) in [7, 11) is 0. The molecule has 0 saturated heterocycles. The van der Waals surface area contributed by atoms with E-state index in [9.17, 15) is 29.4 Å². The minimum absolute atomic E-state index is 0.00588. The number of thiol groups is 1. The number of carbonyl (C=O) groups is 4. The molecular weight excluding hydrogens is 502 g/mol. The Bertz CT molecular complexity index is 1230. The third kappa shape index (κ3) is 7.31. The van der Waals surface area contributed by atoms with Gasteiger partial charge >= 0.3 is 5.97 Å². The van der Waals surface area contributed by atoms with Crippen LogP contribution in [0.3, 0.4) is 0 Å². The molecule has 2 heterocycles. The predicted octanol–water partition coefficient (Wildman–Crippen LogP) is -1.54. The number of para-hydroxylation sites is 1. The molecule has 0 aliphatic rings. The van der Waals surface area contributed by atoms with Crippen LogP contribution in [0.4, 0.5) is 0 Å². The number of aliphatic hydroxyl groups excluding tert-OH is 1.